The minimum absolute atomic E-state index is 0.0627. The van der Waals surface area contributed by atoms with Crippen molar-refractivity contribution in [3.05, 3.63) is 0 Å². The molecule has 0 aromatic carbocycles. The highest BCUT2D eigenvalue weighted by Crippen LogP contribution is 2.18. The molecule has 0 fully saturated rings. The zero-order valence-electron chi connectivity index (χ0n) is 39.5. The number of carbonyl (C=O) groups is 3. The third-order valence-electron chi connectivity index (χ3n) is 12.2. The zero-order chi connectivity index (χ0) is 42.4. The fourth-order valence-corrected chi connectivity index (χ4v) is 7.83. The molecule has 2 atom stereocenters. The van der Waals surface area contributed by atoms with Crippen molar-refractivity contribution in [3.8, 4) is 0 Å². The third-order valence-corrected chi connectivity index (χ3v) is 12.2. The molecular formula is C52H100O6. The predicted molar refractivity (Wildman–Crippen MR) is 247 cm³/mol. The van der Waals surface area contributed by atoms with E-state index in [1.54, 1.807) is 0 Å². The van der Waals surface area contributed by atoms with Crippen LogP contribution < -0.4 is 0 Å². The van der Waals surface area contributed by atoms with Crippen molar-refractivity contribution in [1.82, 2.24) is 0 Å². The van der Waals surface area contributed by atoms with Crippen LogP contribution in [-0.2, 0) is 28.6 Å². The molecule has 0 amide bonds. The summed E-state index contributed by atoms with van der Waals surface area (Å²) in [6.07, 6.45) is 47.9. The first kappa shape index (κ1) is 56.4. The van der Waals surface area contributed by atoms with Gasteiger partial charge in [0.05, 0.1) is 0 Å². The first-order valence-corrected chi connectivity index (χ1v) is 25.9. The second kappa shape index (κ2) is 46.5. The van der Waals surface area contributed by atoms with E-state index < -0.39 is 6.10 Å². The summed E-state index contributed by atoms with van der Waals surface area (Å²) in [5.74, 6) is 0.0501. The summed E-state index contributed by atoms with van der Waals surface area (Å²) >= 11 is 0. The lowest BCUT2D eigenvalue weighted by Crippen LogP contribution is -2.30. The van der Waals surface area contributed by atoms with Gasteiger partial charge in [0.25, 0.3) is 0 Å². The molecule has 58 heavy (non-hydrogen) atoms. The average molecular weight is 821 g/mol. The van der Waals surface area contributed by atoms with Crippen LogP contribution in [0, 0.1) is 5.92 Å². The van der Waals surface area contributed by atoms with Crippen LogP contribution in [-0.4, -0.2) is 37.2 Å². The van der Waals surface area contributed by atoms with E-state index in [2.05, 4.69) is 27.7 Å². The normalized spacial score (nSPS) is 12.4. The number of hydrogen-bond donors (Lipinski definition) is 0. The van der Waals surface area contributed by atoms with E-state index in [-0.39, 0.29) is 31.1 Å². The van der Waals surface area contributed by atoms with E-state index in [1.165, 1.54) is 186 Å². The van der Waals surface area contributed by atoms with Gasteiger partial charge in [0, 0.05) is 19.3 Å². The van der Waals surface area contributed by atoms with E-state index in [4.69, 9.17) is 14.2 Å². The van der Waals surface area contributed by atoms with Gasteiger partial charge in [0.2, 0.25) is 0 Å². The number of carbonyl (C=O) groups excluding carboxylic acids is 3. The van der Waals surface area contributed by atoms with Crippen molar-refractivity contribution >= 4 is 17.9 Å². The summed E-state index contributed by atoms with van der Waals surface area (Å²) < 4.78 is 16.8. The van der Waals surface area contributed by atoms with Gasteiger partial charge >= 0.3 is 17.9 Å². The lowest BCUT2D eigenvalue weighted by molar-refractivity contribution is -0.167. The Morgan fingerprint density at radius 1 is 0.345 bits per heavy atom. The Morgan fingerprint density at radius 2 is 0.603 bits per heavy atom. The predicted octanol–water partition coefficient (Wildman–Crippen LogP) is 16.7. The Balaban J connectivity index is 4.25. The maximum Gasteiger partial charge on any atom is 0.306 e. The molecule has 0 saturated carbocycles. The summed E-state index contributed by atoms with van der Waals surface area (Å²) in [5, 5.41) is 0. The molecule has 0 heterocycles. The summed E-state index contributed by atoms with van der Waals surface area (Å²) in [6.45, 7) is 9.06. The fourth-order valence-electron chi connectivity index (χ4n) is 7.83. The Bertz CT molecular complexity index is 874. The van der Waals surface area contributed by atoms with Crippen LogP contribution in [0.25, 0.3) is 0 Å². The fraction of sp³-hybridized carbons (Fsp3) is 0.942. The van der Waals surface area contributed by atoms with Crippen LogP contribution in [0.2, 0.25) is 0 Å². The minimum Gasteiger partial charge on any atom is -0.462 e. The van der Waals surface area contributed by atoms with Gasteiger partial charge in [-0.05, 0) is 25.2 Å². The van der Waals surface area contributed by atoms with Crippen molar-refractivity contribution in [3.63, 3.8) is 0 Å². The molecule has 6 heteroatoms. The molecule has 0 aliphatic rings. The van der Waals surface area contributed by atoms with Gasteiger partial charge in [-0.15, -0.1) is 0 Å². The molecule has 0 aliphatic heterocycles. The van der Waals surface area contributed by atoms with Crippen molar-refractivity contribution < 1.29 is 28.6 Å². The number of hydrogen-bond acceptors (Lipinski definition) is 6. The van der Waals surface area contributed by atoms with Crippen molar-refractivity contribution in [2.45, 2.75) is 297 Å². The number of unbranched alkanes of at least 4 members (excludes halogenated alkanes) is 33. The van der Waals surface area contributed by atoms with Gasteiger partial charge < -0.3 is 14.2 Å². The molecule has 0 bridgehead atoms. The molecule has 0 aromatic rings. The molecule has 0 aromatic heterocycles. The first-order valence-electron chi connectivity index (χ1n) is 25.9. The molecular weight excluding hydrogens is 721 g/mol. The maximum absolute atomic E-state index is 12.7. The Kier molecular flexibility index (Phi) is 45.2. The van der Waals surface area contributed by atoms with E-state index >= 15 is 0 Å². The van der Waals surface area contributed by atoms with Crippen LogP contribution in [0.3, 0.4) is 0 Å². The Hall–Kier alpha value is -1.59. The number of esters is 3. The van der Waals surface area contributed by atoms with Crippen LogP contribution >= 0.6 is 0 Å². The molecule has 0 spiro atoms. The molecule has 1 unspecified atom stereocenters. The second-order valence-electron chi connectivity index (χ2n) is 18.1. The summed E-state index contributed by atoms with van der Waals surface area (Å²) in [5.41, 5.74) is 0. The summed E-state index contributed by atoms with van der Waals surface area (Å²) in [7, 11) is 0. The average Bonchev–Trinajstić information content (AvgIpc) is 3.22. The first-order chi connectivity index (χ1) is 28.4. The quantitative estimate of drug-likeness (QED) is 0.0346. The summed E-state index contributed by atoms with van der Waals surface area (Å²) in [6, 6.07) is 0. The van der Waals surface area contributed by atoms with Crippen LogP contribution in [0.15, 0.2) is 0 Å². The molecule has 0 aliphatic carbocycles. The Morgan fingerprint density at radius 3 is 0.897 bits per heavy atom. The van der Waals surface area contributed by atoms with Gasteiger partial charge in [0.1, 0.15) is 13.2 Å². The maximum atomic E-state index is 12.7. The van der Waals surface area contributed by atoms with E-state index in [0.717, 1.165) is 63.7 Å². The largest absolute Gasteiger partial charge is 0.462 e. The molecule has 6 nitrogen and oxygen atoms in total. The van der Waals surface area contributed by atoms with E-state index in [9.17, 15) is 14.4 Å². The second-order valence-corrected chi connectivity index (χ2v) is 18.1. The highest BCUT2D eigenvalue weighted by atomic mass is 16.6. The standard InChI is InChI=1S/C52H100O6/c1-5-8-10-12-14-16-22-27-31-35-39-43-50(53)56-46-49(58-52(55)45-41-37-33-29-23-17-15-13-11-9-6-2)47-57-51(54)44-40-36-32-28-25-21-19-18-20-24-26-30-34-38-42-48(4)7-3/h48-49H,5-47H2,1-4H3/t48?,49-/m1/s1. The highest BCUT2D eigenvalue weighted by Gasteiger charge is 2.19. The van der Waals surface area contributed by atoms with Crippen LogP contribution in [0.4, 0.5) is 0 Å². The van der Waals surface area contributed by atoms with Gasteiger partial charge in [-0.1, -0.05) is 252 Å². The van der Waals surface area contributed by atoms with Crippen molar-refractivity contribution in [1.29, 1.82) is 0 Å². The third kappa shape index (κ3) is 44.0. The minimum atomic E-state index is -0.759. The summed E-state index contributed by atoms with van der Waals surface area (Å²) in [4.78, 5) is 37.9. The van der Waals surface area contributed by atoms with Crippen molar-refractivity contribution in [2.75, 3.05) is 13.2 Å². The molecule has 0 N–H and O–H groups in total. The van der Waals surface area contributed by atoms with E-state index in [0.29, 0.717) is 19.3 Å². The van der Waals surface area contributed by atoms with Crippen molar-refractivity contribution in [2.24, 2.45) is 5.92 Å². The monoisotopic (exact) mass is 821 g/mol. The molecule has 0 rings (SSSR count). The lowest BCUT2D eigenvalue weighted by Gasteiger charge is -2.18. The zero-order valence-corrected chi connectivity index (χ0v) is 39.5. The topological polar surface area (TPSA) is 78.9 Å². The Labute approximate surface area is 361 Å². The SMILES string of the molecule is CCCCCCCCCCCCCC(=O)OC[C@H](COC(=O)CCCCCCCCCCCCCCCCC(C)CC)OC(=O)CCCCCCCCCCCCC. The van der Waals surface area contributed by atoms with Gasteiger partial charge in [-0.25, -0.2) is 0 Å². The molecule has 0 radical (unpaired) electrons. The van der Waals surface area contributed by atoms with Crippen LogP contribution in [0.5, 0.6) is 0 Å². The smallest absolute Gasteiger partial charge is 0.306 e. The van der Waals surface area contributed by atoms with Gasteiger partial charge in [0.15, 0.2) is 6.10 Å². The van der Waals surface area contributed by atoms with Crippen LogP contribution in [0.1, 0.15) is 291 Å². The molecule has 0 saturated heterocycles. The lowest BCUT2D eigenvalue weighted by atomic mass is 9.99. The number of ether oxygens (including phenoxy) is 3. The van der Waals surface area contributed by atoms with Gasteiger partial charge in [-0.3, -0.25) is 14.4 Å². The van der Waals surface area contributed by atoms with Gasteiger partial charge in [-0.2, -0.15) is 0 Å². The highest BCUT2D eigenvalue weighted by molar-refractivity contribution is 5.71. The van der Waals surface area contributed by atoms with E-state index in [1.807, 2.05) is 0 Å². The molecule has 344 valence electrons. The number of rotatable bonds is 47.